The number of hydrogen-bond donors (Lipinski definition) is 1. The van der Waals surface area contributed by atoms with Crippen LogP contribution in [0.5, 0.6) is 0 Å². The van der Waals surface area contributed by atoms with Crippen LogP contribution in [0.4, 0.5) is 0 Å². The summed E-state index contributed by atoms with van der Waals surface area (Å²) in [7, 11) is 0. The Morgan fingerprint density at radius 3 is 2.79 bits per heavy atom. The number of nitrogens with one attached hydrogen (secondary N) is 1. The molecule has 0 aliphatic heterocycles. The van der Waals surface area contributed by atoms with Gasteiger partial charge in [0.05, 0.1) is 11.0 Å². The minimum atomic E-state index is 0.00467. The van der Waals surface area contributed by atoms with Crippen LogP contribution < -0.4 is 10.9 Å². The third-order valence-electron chi connectivity index (χ3n) is 3.08. The van der Waals surface area contributed by atoms with Crippen molar-refractivity contribution in [2.24, 2.45) is 5.92 Å². The lowest BCUT2D eigenvalue weighted by Gasteiger charge is -2.12. The Morgan fingerprint density at radius 1 is 1.32 bits per heavy atom. The molecule has 1 aromatic carbocycles. The fourth-order valence-electron chi connectivity index (χ4n) is 2.12. The molecule has 0 saturated carbocycles. The SMILES string of the molecule is Cc1nc2ccccc2n(CCNCC(C)C)c1=O. The van der Waals surface area contributed by atoms with Gasteiger partial charge in [-0.2, -0.15) is 0 Å². The lowest BCUT2D eigenvalue weighted by Crippen LogP contribution is -2.30. The van der Waals surface area contributed by atoms with Gasteiger partial charge in [0.1, 0.15) is 5.69 Å². The standard InChI is InChI=1S/C15H21N3O/c1-11(2)10-16-8-9-18-14-7-5-4-6-13(14)17-12(3)15(18)19/h4-7,11,16H,8-10H2,1-3H3. The summed E-state index contributed by atoms with van der Waals surface area (Å²) in [6.07, 6.45) is 0. The first-order valence-corrected chi connectivity index (χ1v) is 6.76. The quantitative estimate of drug-likeness (QED) is 0.835. The highest BCUT2D eigenvalue weighted by Crippen LogP contribution is 2.09. The van der Waals surface area contributed by atoms with Crippen molar-refractivity contribution in [3.8, 4) is 0 Å². The maximum absolute atomic E-state index is 12.2. The van der Waals surface area contributed by atoms with Crippen LogP contribution in [0.25, 0.3) is 11.0 Å². The molecule has 4 nitrogen and oxygen atoms in total. The van der Waals surface area contributed by atoms with E-state index in [-0.39, 0.29) is 5.56 Å². The molecule has 2 aromatic rings. The number of rotatable bonds is 5. The van der Waals surface area contributed by atoms with Crippen molar-refractivity contribution in [1.29, 1.82) is 0 Å². The molecular formula is C15H21N3O. The molecule has 1 N–H and O–H groups in total. The van der Waals surface area contributed by atoms with E-state index in [1.807, 2.05) is 28.8 Å². The molecule has 19 heavy (non-hydrogen) atoms. The van der Waals surface area contributed by atoms with E-state index in [1.54, 1.807) is 6.92 Å². The predicted octanol–water partition coefficient (Wildman–Crippen LogP) is 1.95. The van der Waals surface area contributed by atoms with Crippen molar-refractivity contribution in [3.05, 3.63) is 40.3 Å². The summed E-state index contributed by atoms with van der Waals surface area (Å²) in [4.78, 5) is 16.5. The minimum Gasteiger partial charge on any atom is -0.315 e. The number of aromatic nitrogens is 2. The van der Waals surface area contributed by atoms with Crippen LogP contribution in [0.3, 0.4) is 0 Å². The Kier molecular flexibility index (Phi) is 4.32. The Bertz CT molecular complexity index is 616. The molecule has 0 saturated heterocycles. The largest absolute Gasteiger partial charge is 0.315 e. The Labute approximate surface area is 113 Å². The van der Waals surface area contributed by atoms with Crippen molar-refractivity contribution >= 4 is 11.0 Å². The zero-order chi connectivity index (χ0) is 13.8. The van der Waals surface area contributed by atoms with Crippen LogP contribution in [0.1, 0.15) is 19.5 Å². The first kappa shape index (κ1) is 13.7. The normalized spacial score (nSPS) is 11.4. The molecule has 2 rings (SSSR count). The summed E-state index contributed by atoms with van der Waals surface area (Å²) in [5.41, 5.74) is 2.35. The van der Waals surface area contributed by atoms with Gasteiger partial charge in [0, 0.05) is 13.1 Å². The molecule has 1 heterocycles. The number of hydrogen-bond acceptors (Lipinski definition) is 3. The van der Waals surface area contributed by atoms with Crippen LogP contribution in [0, 0.1) is 12.8 Å². The maximum atomic E-state index is 12.2. The number of aryl methyl sites for hydroxylation is 1. The molecule has 0 radical (unpaired) electrons. The fourth-order valence-corrected chi connectivity index (χ4v) is 2.12. The molecule has 0 amide bonds. The van der Waals surface area contributed by atoms with Crippen molar-refractivity contribution in [3.63, 3.8) is 0 Å². The molecule has 0 atom stereocenters. The van der Waals surface area contributed by atoms with Crippen molar-refractivity contribution in [2.75, 3.05) is 13.1 Å². The van der Waals surface area contributed by atoms with Crippen LogP contribution >= 0.6 is 0 Å². The number of nitrogens with zero attached hydrogens (tertiary/aromatic N) is 2. The Hall–Kier alpha value is -1.68. The van der Waals surface area contributed by atoms with E-state index < -0.39 is 0 Å². The first-order chi connectivity index (χ1) is 9.09. The van der Waals surface area contributed by atoms with Gasteiger partial charge >= 0.3 is 0 Å². The third-order valence-corrected chi connectivity index (χ3v) is 3.08. The van der Waals surface area contributed by atoms with Gasteiger partial charge in [0.2, 0.25) is 0 Å². The Morgan fingerprint density at radius 2 is 2.05 bits per heavy atom. The second-order valence-electron chi connectivity index (χ2n) is 5.24. The summed E-state index contributed by atoms with van der Waals surface area (Å²) in [5.74, 6) is 0.618. The fraction of sp³-hybridized carbons (Fsp3) is 0.467. The predicted molar refractivity (Wildman–Crippen MR) is 78.4 cm³/mol. The van der Waals surface area contributed by atoms with Gasteiger partial charge in [0.15, 0.2) is 0 Å². The van der Waals surface area contributed by atoms with E-state index >= 15 is 0 Å². The van der Waals surface area contributed by atoms with Crippen molar-refractivity contribution < 1.29 is 0 Å². The summed E-state index contributed by atoms with van der Waals surface area (Å²) in [6.45, 7) is 8.56. The zero-order valence-corrected chi connectivity index (χ0v) is 11.8. The van der Waals surface area contributed by atoms with Gasteiger partial charge in [-0.25, -0.2) is 4.98 Å². The molecule has 1 aromatic heterocycles. The third kappa shape index (κ3) is 3.20. The van der Waals surface area contributed by atoms with E-state index in [0.717, 1.165) is 24.1 Å². The van der Waals surface area contributed by atoms with Gasteiger partial charge in [-0.15, -0.1) is 0 Å². The van der Waals surface area contributed by atoms with Crippen LogP contribution in [-0.4, -0.2) is 22.6 Å². The van der Waals surface area contributed by atoms with E-state index in [1.165, 1.54) is 0 Å². The lowest BCUT2D eigenvalue weighted by molar-refractivity contribution is 0.524. The molecule has 0 fully saturated rings. The summed E-state index contributed by atoms with van der Waals surface area (Å²) < 4.78 is 1.81. The average Bonchev–Trinajstić information content (AvgIpc) is 2.38. The highest BCUT2D eigenvalue weighted by molar-refractivity contribution is 5.74. The van der Waals surface area contributed by atoms with Crippen molar-refractivity contribution in [2.45, 2.75) is 27.3 Å². The zero-order valence-electron chi connectivity index (χ0n) is 11.8. The van der Waals surface area contributed by atoms with Gasteiger partial charge < -0.3 is 9.88 Å². The highest BCUT2D eigenvalue weighted by Gasteiger charge is 2.07. The van der Waals surface area contributed by atoms with E-state index in [2.05, 4.69) is 24.1 Å². The molecule has 102 valence electrons. The number of fused-ring (bicyclic) bond motifs is 1. The van der Waals surface area contributed by atoms with Crippen LogP contribution in [0.2, 0.25) is 0 Å². The minimum absolute atomic E-state index is 0.00467. The topological polar surface area (TPSA) is 46.9 Å². The molecule has 0 aliphatic rings. The smallest absolute Gasteiger partial charge is 0.272 e. The molecule has 0 unspecified atom stereocenters. The molecule has 0 aliphatic carbocycles. The van der Waals surface area contributed by atoms with Gasteiger partial charge in [0.25, 0.3) is 5.56 Å². The molecule has 0 bridgehead atoms. The lowest BCUT2D eigenvalue weighted by atomic mass is 10.2. The van der Waals surface area contributed by atoms with E-state index in [0.29, 0.717) is 18.2 Å². The van der Waals surface area contributed by atoms with E-state index in [9.17, 15) is 4.79 Å². The highest BCUT2D eigenvalue weighted by atomic mass is 16.1. The second-order valence-corrected chi connectivity index (χ2v) is 5.24. The average molecular weight is 259 g/mol. The van der Waals surface area contributed by atoms with Gasteiger partial charge in [-0.1, -0.05) is 26.0 Å². The monoisotopic (exact) mass is 259 g/mol. The van der Waals surface area contributed by atoms with Crippen LogP contribution in [0.15, 0.2) is 29.1 Å². The van der Waals surface area contributed by atoms with Gasteiger partial charge in [-0.05, 0) is 31.5 Å². The van der Waals surface area contributed by atoms with E-state index in [4.69, 9.17) is 0 Å². The molecular weight excluding hydrogens is 238 g/mol. The summed E-state index contributed by atoms with van der Waals surface area (Å²) >= 11 is 0. The number of benzene rings is 1. The molecule has 4 heteroatoms. The Balaban J connectivity index is 2.26. The summed E-state index contributed by atoms with van der Waals surface area (Å²) in [6, 6.07) is 7.78. The summed E-state index contributed by atoms with van der Waals surface area (Å²) in [5, 5.41) is 3.36. The number of para-hydroxylation sites is 2. The molecule has 0 spiro atoms. The maximum Gasteiger partial charge on any atom is 0.272 e. The first-order valence-electron chi connectivity index (χ1n) is 6.76. The van der Waals surface area contributed by atoms with Crippen LogP contribution in [-0.2, 0) is 6.54 Å². The van der Waals surface area contributed by atoms with Gasteiger partial charge in [-0.3, -0.25) is 4.79 Å². The van der Waals surface area contributed by atoms with Crippen molar-refractivity contribution in [1.82, 2.24) is 14.9 Å². The second kappa shape index (κ2) is 5.97.